The van der Waals surface area contributed by atoms with E-state index in [2.05, 4.69) is 5.32 Å². The molecule has 0 saturated carbocycles. The van der Waals surface area contributed by atoms with E-state index in [-0.39, 0.29) is 6.61 Å². The third-order valence-electron chi connectivity index (χ3n) is 2.80. The Labute approximate surface area is 126 Å². The Morgan fingerprint density at radius 2 is 1.82 bits per heavy atom. The Morgan fingerprint density at radius 1 is 1.18 bits per heavy atom. The molecular weight excluding hydrogens is 298 g/mol. The zero-order valence-electron chi connectivity index (χ0n) is 12.4. The minimum atomic E-state index is -1.03. The maximum Gasteiger partial charge on any atom is 0.422 e. The van der Waals surface area contributed by atoms with Crippen molar-refractivity contribution in [2.45, 2.75) is 44.6 Å². The minimum Gasteiger partial charge on any atom is -0.455 e. The second kappa shape index (κ2) is 7.77. The van der Waals surface area contributed by atoms with Gasteiger partial charge in [-0.05, 0) is 20.3 Å². The van der Waals surface area contributed by atoms with E-state index in [4.69, 9.17) is 25.9 Å². The number of hydrogen-bond acceptors (Lipinski definition) is 9. The molecule has 2 atom stereocenters. The van der Waals surface area contributed by atoms with E-state index in [1.54, 1.807) is 19.3 Å². The van der Waals surface area contributed by atoms with Crippen LogP contribution in [0, 0.1) is 0 Å². The Balaban J connectivity index is 2.41. The molecule has 1 heterocycles. The van der Waals surface area contributed by atoms with Gasteiger partial charge in [0.2, 0.25) is 0 Å². The van der Waals surface area contributed by atoms with Gasteiger partial charge in [-0.25, -0.2) is 21.3 Å². The number of ether oxygens (including phenoxy) is 3. The third-order valence-corrected chi connectivity index (χ3v) is 2.80. The first kappa shape index (κ1) is 17.9. The summed E-state index contributed by atoms with van der Waals surface area (Å²) in [5, 5.41) is 2.80. The van der Waals surface area contributed by atoms with Crippen LogP contribution in [0.3, 0.4) is 0 Å². The fraction of sp³-hybridized carbons (Fsp3) is 0.727. The minimum absolute atomic E-state index is 0.163. The van der Waals surface area contributed by atoms with E-state index >= 15 is 0 Å². The van der Waals surface area contributed by atoms with Gasteiger partial charge in [0.15, 0.2) is 6.23 Å². The number of hydrazine groups is 2. The van der Waals surface area contributed by atoms with Crippen molar-refractivity contribution in [3.63, 3.8) is 0 Å². The van der Waals surface area contributed by atoms with E-state index < -0.39 is 36.0 Å². The second-order valence-corrected chi connectivity index (χ2v) is 5.24. The van der Waals surface area contributed by atoms with Gasteiger partial charge in [0, 0.05) is 6.42 Å². The molecule has 0 aliphatic carbocycles. The lowest BCUT2D eigenvalue weighted by molar-refractivity contribution is -0.162. The molecule has 0 bridgehead atoms. The molecule has 1 saturated heterocycles. The van der Waals surface area contributed by atoms with Crippen molar-refractivity contribution in [1.29, 1.82) is 0 Å². The lowest BCUT2D eigenvalue weighted by Crippen LogP contribution is -2.45. The van der Waals surface area contributed by atoms with E-state index in [1.807, 2.05) is 5.43 Å². The number of esters is 1. The van der Waals surface area contributed by atoms with Crippen LogP contribution in [-0.2, 0) is 19.0 Å². The van der Waals surface area contributed by atoms with Crippen molar-refractivity contribution in [3.05, 3.63) is 0 Å². The molecule has 0 radical (unpaired) electrons. The highest BCUT2D eigenvalue weighted by molar-refractivity contribution is 5.77. The lowest BCUT2D eigenvalue weighted by atomic mass is 10.1. The molecule has 0 aromatic rings. The molecule has 22 heavy (non-hydrogen) atoms. The molecule has 7 N–H and O–H groups in total. The Hall–Kier alpha value is -2.11. The first-order valence-electron chi connectivity index (χ1n) is 6.57. The van der Waals surface area contributed by atoms with Crippen LogP contribution in [0.1, 0.15) is 26.7 Å². The molecule has 1 fully saturated rings. The standard InChI is InChI=1S/C11H21N5O6/c1-11(2,5-20-9(18)15-12)22-8(17)6-3-4-7(14-6)21-10(19)16-13/h6-7,14H,3-5,12-13H2,1-2H3,(H,15,18)(H,16,19)/t6-,7?/m1/s1. The molecule has 11 nitrogen and oxygen atoms in total. The molecule has 126 valence electrons. The smallest absolute Gasteiger partial charge is 0.422 e. The first-order valence-corrected chi connectivity index (χ1v) is 6.57. The van der Waals surface area contributed by atoms with Crippen molar-refractivity contribution in [1.82, 2.24) is 16.2 Å². The second-order valence-electron chi connectivity index (χ2n) is 5.24. The Kier molecular flexibility index (Phi) is 6.34. The van der Waals surface area contributed by atoms with E-state index in [0.717, 1.165) is 0 Å². The van der Waals surface area contributed by atoms with Crippen LogP contribution in [0.25, 0.3) is 0 Å². The summed E-state index contributed by atoms with van der Waals surface area (Å²) in [5.74, 6) is 9.23. The number of carbonyl (C=O) groups excluding carboxylic acids is 3. The summed E-state index contributed by atoms with van der Waals surface area (Å²) < 4.78 is 14.9. The predicted octanol–water partition coefficient (Wildman–Crippen LogP) is -1.41. The van der Waals surface area contributed by atoms with Crippen LogP contribution in [-0.4, -0.2) is 42.6 Å². The van der Waals surface area contributed by atoms with E-state index in [9.17, 15) is 14.4 Å². The molecule has 1 rings (SSSR count). The van der Waals surface area contributed by atoms with Crippen LogP contribution in [0.2, 0.25) is 0 Å². The molecule has 1 aliphatic heterocycles. The van der Waals surface area contributed by atoms with Gasteiger partial charge in [0.1, 0.15) is 18.2 Å². The average molecular weight is 319 g/mol. The molecular formula is C11H21N5O6. The summed E-state index contributed by atoms with van der Waals surface area (Å²) in [4.78, 5) is 33.9. The summed E-state index contributed by atoms with van der Waals surface area (Å²) in [7, 11) is 0. The van der Waals surface area contributed by atoms with Crippen molar-refractivity contribution < 1.29 is 28.6 Å². The molecule has 0 aromatic carbocycles. The van der Waals surface area contributed by atoms with Crippen molar-refractivity contribution >= 4 is 18.2 Å². The topological polar surface area (TPSA) is 167 Å². The summed E-state index contributed by atoms with van der Waals surface area (Å²) in [6, 6.07) is -0.627. The van der Waals surface area contributed by atoms with Gasteiger partial charge in [0.25, 0.3) is 0 Å². The normalized spacial score (nSPS) is 20.9. The summed E-state index contributed by atoms with van der Waals surface area (Å²) >= 11 is 0. The monoisotopic (exact) mass is 319 g/mol. The molecule has 2 amide bonds. The highest BCUT2D eigenvalue weighted by atomic mass is 16.6. The molecule has 1 unspecified atom stereocenters. The third kappa shape index (κ3) is 5.71. The maximum absolute atomic E-state index is 12.0. The average Bonchev–Trinajstić information content (AvgIpc) is 2.92. The fourth-order valence-corrected chi connectivity index (χ4v) is 1.81. The van der Waals surface area contributed by atoms with Gasteiger partial charge in [-0.3, -0.25) is 21.0 Å². The van der Waals surface area contributed by atoms with Crippen LogP contribution in [0.15, 0.2) is 0 Å². The first-order chi connectivity index (χ1) is 10.3. The Bertz CT molecular complexity index is 429. The van der Waals surface area contributed by atoms with Gasteiger partial charge >= 0.3 is 18.2 Å². The lowest BCUT2D eigenvalue weighted by Gasteiger charge is -2.26. The van der Waals surface area contributed by atoms with Gasteiger partial charge in [-0.1, -0.05) is 0 Å². The van der Waals surface area contributed by atoms with Gasteiger partial charge in [-0.2, -0.15) is 0 Å². The van der Waals surface area contributed by atoms with Crippen LogP contribution < -0.4 is 27.9 Å². The maximum atomic E-state index is 12.0. The number of hydrogen-bond donors (Lipinski definition) is 5. The van der Waals surface area contributed by atoms with E-state index in [1.165, 1.54) is 0 Å². The SMILES string of the molecule is CC(C)(COC(=O)NN)OC(=O)[C@H]1CCC(OC(=O)NN)N1. The number of amides is 2. The van der Waals surface area contributed by atoms with Gasteiger partial charge in [0.05, 0.1) is 0 Å². The molecule has 0 aromatic heterocycles. The predicted molar refractivity (Wildman–Crippen MR) is 72.6 cm³/mol. The highest BCUT2D eigenvalue weighted by Gasteiger charge is 2.35. The van der Waals surface area contributed by atoms with Crippen LogP contribution >= 0.6 is 0 Å². The van der Waals surface area contributed by atoms with Gasteiger partial charge in [-0.15, -0.1) is 0 Å². The van der Waals surface area contributed by atoms with E-state index in [0.29, 0.717) is 12.8 Å². The van der Waals surface area contributed by atoms with Crippen LogP contribution in [0.4, 0.5) is 9.59 Å². The number of nitrogens with one attached hydrogen (secondary N) is 3. The molecule has 0 spiro atoms. The summed E-state index contributed by atoms with van der Waals surface area (Å²) in [5.41, 5.74) is 2.59. The molecule has 1 aliphatic rings. The van der Waals surface area contributed by atoms with Crippen molar-refractivity contribution in [2.24, 2.45) is 11.7 Å². The highest BCUT2D eigenvalue weighted by Crippen LogP contribution is 2.18. The summed E-state index contributed by atoms with van der Waals surface area (Å²) in [6.45, 7) is 3.00. The summed E-state index contributed by atoms with van der Waals surface area (Å²) in [6.07, 6.45) is -1.37. The van der Waals surface area contributed by atoms with Crippen molar-refractivity contribution in [2.75, 3.05) is 6.61 Å². The van der Waals surface area contributed by atoms with Crippen LogP contribution in [0.5, 0.6) is 0 Å². The zero-order valence-corrected chi connectivity index (χ0v) is 12.4. The largest absolute Gasteiger partial charge is 0.455 e. The number of rotatable bonds is 5. The molecule has 11 heteroatoms. The number of nitrogens with two attached hydrogens (primary N) is 2. The zero-order chi connectivity index (χ0) is 16.8. The van der Waals surface area contributed by atoms with Crippen molar-refractivity contribution in [3.8, 4) is 0 Å². The quantitative estimate of drug-likeness (QED) is 0.134. The fourth-order valence-electron chi connectivity index (χ4n) is 1.81. The Morgan fingerprint density at radius 3 is 2.41 bits per heavy atom. The van der Waals surface area contributed by atoms with Gasteiger partial charge < -0.3 is 14.2 Å². The number of carbonyl (C=O) groups is 3.